The van der Waals surface area contributed by atoms with E-state index in [1.165, 1.54) is 37.1 Å². The van der Waals surface area contributed by atoms with E-state index >= 15 is 0 Å². The monoisotopic (exact) mass is 324 g/mol. The Bertz CT molecular complexity index is 419. The summed E-state index contributed by atoms with van der Waals surface area (Å²) in [6.45, 7) is 5.63. The fourth-order valence-corrected chi connectivity index (χ4v) is 3.33. The predicted molar refractivity (Wildman–Crippen MR) is 86.8 cm³/mol. The van der Waals surface area contributed by atoms with Crippen molar-refractivity contribution in [1.29, 1.82) is 0 Å². The molecule has 2 atom stereocenters. The molecule has 106 valence electrons. The second kappa shape index (κ2) is 6.76. The Morgan fingerprint density at radius 2 is 2.21 bits per heavy atom. The number of hydrogen-bond acceptors (Lipinski definition) is 2. The third kappa shape index (κ3) is 3.51. The molecule has 0 radical (unpaired) electrons. The molecule has 1 aromatic rings. The molecule has 2 nitrogen and oxygen atoms in total. The van der Waals surface area contributed by atoms with Crippen LogP contribution in [0.15, 0.2) is 22.7 Å². The van der Waals surface area contributed by atoms with Crippen molar-refractivity contribution in [2.24, 2.45) is 5.73 Å². The molecule has 1 aliphatic heterocycles. The minimum absolute atomic E-state index is 0.266. The molecule has 1 saturated heterocycles. The van der Waals surface area contributed by atoms with Gasteiger partial charge in [-0.15, -0.1) is 0 Å². The zero-order chi connectivity index (χ0) is 13.8. The molecule has 0 aromatic heterocycles. The van der Waals surface area contributed by atoms with Gasteiger partial charge in [-0.05, 0) is 49.8 Å². The number of halogens is 1. The summed E-state index contributed by atoms with van der Waals surface area (Å²) in [5, 5.41) is 0. The quantitative estimate of drug-likeness (QED) is 0.883. The Labute approximate surface area is 125 Å². The Hall–Kier alpha value is -0.540. The van der Waals surface area contributed by atoms with Crippen molar-refractivity contribution < 1.29 is 0 Å². The maximum absolute atomic E-state index is 6.15. The zero-order valence-corrected chi connectivity index (χ0v) is 13.6. The van der Waals surface area contributed by atoms with E-state index in [0.717, 1.165) is 17.3 Å². The highest BCUT2D eigenvalue weighted by atomic mass is 79.9. The van der Waals surface area contributed by atoms with Crippen molar-refractivity contribution in [3.8, 4) is 0 Å². The fraction of sp³-hybridized carbons (Fsp3) is 0.625. The molecule has 1 fully saturated rings. The van der Waals surface area contributed by atoms with Gasteiger partial charge in [-0.25, -0.2) is 0 Å². The van der Waals surface area contributed by atoms with E-state index in [0.29, 0.717) is 6.04 Å². The van der Waals surface area contributed by atoms with Crippen LogP contribution in [0.5, 0.6) is 0 Å². The van der Waals surface area contributed by atoms with Gasteiger partial charge in [0.05, 0.1) is 0 Å². The van der Waals surface area contributed by atoms with Crippen LogP contribution in [0.25, 0.3) is 0 Å². The fourth-order valence-electron chi connectivity index (χ4n) is 2.98. The van der Waals surface area contributed by atoms with Crippen LogP contribution in [0.2, 0.25) is 0 Å². The third-order valence-corrected chi connectivity index (χ3v) is 4.70. The Morgan fingerprint density at radius 3 is 2.89 bits per heavy atom. The van der Waals surface area contributed by atoms with Crippen molar-refractivity contribution >= 4 is 21.6 Å². The molecule has 1 aromatic carbocycles. The molecule has 2 rings (SSSR count). The first-order valence-electron chi connectivity index (χ1n) is 7.46. The van der Waals surface area contributed by atoms with E-state index in [1.54, 1.807) is 0 Å². The minimum atomic E-state index is 0.266. The van der Waals surface area contributed by atoms with Gasteiger partial charge in [0, 0.05) is 28.8 Å². The molecule has 0 amide bonds. The number of hydrogen-bond donors (Lipinski definition) is 1. The Balaban J connectivity index is 2.28. The average Bonchev–Trinajstić information content (AvgIpc) is 2.88. The summed E-state index contributed by atoms with van der Waals surface area (Å²) in [5.74, 6) is 0. The molecule has 1 aliphatic rings. The maximum atomic E-state index is 6.15. The highest BCUT2D eigenvalue weighted by molar-refractivity contribution is 9.10. The second-order valence-electron chi connectivity index (χ2n) is 5.54. The van der Waals surface area contributed by atoms with Gasteiger partial charge >= 0.3 is 0 Å². The van der Waals surface area contributed by atoms with Gasteiger partial charge in [0.15, 0.2) is 0 Å². The van der Waals surface area contributed by atoms with Crippen molar-refractivity contribution in [2.45, 2.75) is 58.0 Å². The lowest BCUT2D eigenvalue weighted by Gasteiger charge is -2.29. The number of nitrogens with two attached hydrogens (primary N) is 1. The summed E-state index contributed by atoms with van der Waals surface area (Å²) in [5.41, 5.74) is 8.94. The van der Waals surface area contributed by atoms with E-state index in [2.05, 4.69) is 52.9 Å². The largest absolute Gasteiger partial charge is 0.368 e. The highest BCUT2D eigenvalue weighted by Crippen LogP contribution is 2.33. The maximum Gasteiger partial charge on any atom is 0.0413 e. The van der Waals surface area contributed by atoms with Gasteiger partial charge in [0.1, 0.15) is 0 Å². The third-order valence-electron chi connectivity index (χ3n) is 4.21. The topological polar surface area (TPSA) is 29.3 Å². The first-order chi connectivity index (χ1) is 9.15. The van der Waals surface area contributed by atoms with Crippen LogP contribution >= 0.6 is 15.9 Å². The summed E-state index contributed by atoms with van der Waals surface area (Å²) in [4.78, 5) is 2.59. The summed E-state index contributed by atoms with van der Waals surface area (Å²) < 4.78 is 1.16. The minimum Gasteiger partial charge on any atom is -0.368 e. The first-order valence-corrected chi connectivity index (χ1v) is 8.25. The summed E-state index contributed by atoms with van der Waals surface area (Å²) in [6.07, 6.45) is 5.87. The summed E-state index contributed by atoms with van der Waals surface area (Å²) in [6, 6.07) is 7.61. The van der Waals surface area contributed by atoms with Crippen LogP contribution in [0.4, 0.5) is 5.69 Å². The standard InChI is InChI=1S/C16H25BrN2/c1-3-14(18)10-12-7-8-13(17)11-16(12)19-9-5-6-15(19)4-2/h7-8,11,14-15H,3-6,9-10,18H2,1-2H3. The molecule has 0 saturated carbocycles. The van der Waals surface area contributed by atoms with Gasteiger partial charge in [0.2, 0.25) is 0 Å². The molecular formula is C16H25BrN2. The van der Waals surface area contributed by atoms with Crippen LogP contribution in [0.3, 0.4) is 0 Å². The van der Waals surface area contributed by atoms with Gasteiger partial charge in [-0.2, -0.15) is 0 Å². The SMILES string of the molecule is CCC(N)Cc1ccc(Br)cc1N1CCCC1CC. The lowest BCUT2D eigenvalue weighted by molar-refractivity contribution is 0.628. The predicted octanol–water partition coefficient (Wildman–Crippen LogP) is 4.11. The number of anilines is 1. The molecule has 19 heavy (non-hydrogen) atoms. The number of benzene rings is 1. The molecular weight excluding hydrogens is 300 g/mol. The molecule has 1 heterocycles. The van der Waals surface area contributed by atoms with Crippen molar-refractivity contribution in [1.82, 2.24) is 0 Å². The second-order valence-corrected chi connectivity index (χ2v) is 6.46. The van der Waals surface area contributed by atoms with Gasteiger partial charge in [-0.1, -0.05) is 35.8 Å². The summed E-state index contributed by atoms with van der Waals surface area (Å²) in [7, 11) is 0. The smallest absolute Gasteiger partial charge is 0.0413 e. The van der Waals surface area contributed by atoms with E-state index < -0.39 is 0 Å². The Morgan fingerprint density at radius 1 is 1.42 bits per heavy atom. The van der Waals surface area contributed by atoms with Crippen LogP contribution in [0, 0.1) is 0 Å². The van der Waals surface area contributed by atoms with Crippen LogP contribution in [-0.2, 0) is 6.42 Å². The lowest BCUT2D eigenvalue weighted by atomic mass is 10.0. The zero-order valence-electron chi connectivity index (χ0n) is 12.0. The van der Waals surface area contributed by atoms with Crippen LogP contribution in [-0.4, -0.2) is 18.6 Å². The van der Waals surface area contributed by atoms with E-state index in [4.69, 9.17) is 5.73 Å². The van der Waals surface area contributed by atoms with Gasteiger partial charge in [0.25, 0.3) is 0 Å². The van der Waals surface area contributed by atoms with Crippen molar-refractivity contribution in [3.63, 3.8) is 0 Å². The Kier molecular flexibility index (Phi) is 5.28. The summed E-state index contributed by atoms with van der Waals surface area (Å²) >= 11 is 3.61. The van der Waals surface area contributed by atoms with Crippen molar-refractivity contribution in [2.75, 3.05) is 11.4 Å². The van der Waals surface area contributed by atoms with Crippen LogP contribution in [0.1, 0.15) is 45.1 Å². The molecule has 0 aliphatic carbocycles. The number of rotatable bonds is 5. The molecule has 0 bridgehead atoms. The average molecular weight is 325 g/mol. The normalized spacial score (nSPS) is 20.8. The molecule has 3 heteroatoms. The molecule has 0 spiro atoms. The van der Waals surface area contributed by atoms with Crippen molar-refractivity contribution in [3.05, 3.63) is 28.2 Å². The highest BCUT2D eigenvalue weighted by Gasteiger charge is 2.25. The van der Waals surface area contributed by atoms with Gasteiger partial charge < -0.3 is 10.6 Å². The molecule has 2 N–H and O–H groups in total. The molecule has 2 unspecified atom stereocenters. The van der Waals surface area contributed by atoms with E-state index in [-0.39, 0.29) is 6.04 Å². The lowest BCUT2D eigenvalue weighted by Crippen LogP contribution is -2.30. The number of nitrogens with zero attached hydrogens (tertiary/aromatic N) is 1. The van der Waals surface area contributed by atoms with Crippen LogP contribution < -0.4 is 10.6 Å². The van der Waals surface area contributed by atoms with E-state index in [9.17, 15) is 0 Å². The first kappa shape index (κ1) is 14.9. The van der Waals surface area contributed by atoms with E-state index in [1.807, 2.05) is 0 Å². The van der Waals surface area contributed by atoms with Gasteiger partial charge in [-0.3, -0.25) is 0 Å².